The Hall–Kier alpha value is -1.61. The molecule has 0 unspecified atom stereocenters. The maximum Gasteiger partial charge on any atom is 0.312 e. The molecule has 1 heterocycles. The number of rotatable bonds is 4. The molecule has 82 valence electrons. The van der Waals surface area contributed by atoms with Crippen molar-refractivity contribution >= 4 is 17.3 Å². The maximum atomic E-state index is 11.2. The molecule has 0 aliphatic rings. The Kier molecular flexibility index (Phi) is 3.37. The lowest BCUT2D eigenvalue weighted by molar-refractivity contribution is -0.138. The molecule has 0 aliphatic heterocycles. The van der Waals surface area contributed by atoms with Crippen molar-refractivity contribution in [3.05, 3.63) is 58.3 Å². The fourth-order valence-electron chi connectivity index (χ4n) is 1.65. The molecule has 1 atom stereocenters. The number of carboxylic acids is 1. The minimum atomic E-state index is -0.758. The molecule has 2 aromatic rings. The lowest BCUT2D eigenvalue weighted by Crippen LogP contribution is -2.13. The number of hydrogen-bond donors (Lipinski definition) is 1. The molecule has 2 rings (SSSR count). The molecule has 0 fully saturated rings. The summed E-state index contributed by atoms with van der Waals surface area (Å²) in [4.78, 5) is 12.1. The van der Waals surface area contributed by atoms with Crippen molar-refractivity contribution in [1.82, 2.24) is 0 Å². The Bertz CT molecular complexity index is 448. The van der Waals surface area contributed by atoms with Crippen LogP contribution >= 0.6 is 11.3 Å². The van der Waals surface area contributed by atoms with E-state index in [0.29, 0.717) is 6.42 Å². The van der Waals surface area contributed by atoms with Gasteiger partial charge < -0.3 is 5.11 Å². The van der Waals surface area contributed by atoms with Crippen LogP contribution in [0.2, 0.25) is 0 Å². The molecule has 0 radical (unpaired) electrons. The predicted octanol–water partition coefficient (Wildman–Crippen LogP) is 3.16. The fraction of sp³-hybridized carbons (Fsp3) is 0.154. The first-order valence-electron chi connectivity index (χ1n) is 5.07. The summed E-state index contributed by atoms with van der Waals surface area (Å²) in [6.45, 7) is 0. The molecule has 3 heteroatoms. The molecular formula is C13H12O2S. The highest BCUT2D eigenvalue weighted by Crippen LogP contribution is 2.25. The first-order chi connectivity index (χ1) is 7.77. The second-order valence-corrected chi connectivity index (χ2v) is 4.58. The van der Waals surface area contributed by atoms with Gasteiger partial charge in [-0.1, -0.05) is 36.4 Å². The summed E-state index contributed by atoms with van der Waals surface area (Å²) in [5.41, 5.74) is 1.06. The van der Waals surface area contributed by atoms with Crippen LogP contribution in [0.1, 0.15) is 16.4 Å². The van der Waals surface area contributed by atoms with Crippen molar-refractivity contribution in [2.45, 2.75) is 12.3 Å². The van der Waals surface area contributed by atoms with Crippen LogP contribution < -0.4 is 0 Å². The number of benzene rings is 1. The predicted molar refractivity (Wildman–Crippen MR) is 64.8 cm³/mol. The second kappa shape index (κ2) is 4.94. The molecule has 0 aliphatic carbocycles. The molecular weight excluding hydrogens is 220 g/mol. The van der Waals surface area contributed by atoms with Crippen LogP contribution in [0, 0.1) is 0 Å². The number of hydrogen-bond acceptors (Lipinski definition) is 2. The Morgan fingerprint density at radius 1 is 1.19 bits per heavy atom. The van der Waals surface area contributed by atoms with E-state index in [9.17, 15) is 9.90 Å². The molecule has 1 aromatic heterocycles. The van der Waals surface area contributed by atoms with Gasteiger partial charge in [0.15, 0.2) is 0 Å². The summed E-state index contributed by atoms with van der Waals surface area (Å²) < 4.78 is 0. The smallest absolute Gasteiger partial charge is 0.312 e. The highest BCUT2D eigenvalue weighted by Gasteiger charge is 2.20. The van der Waals surface area contributed by atoms with E-state index in [-0.39, 0.29) is 0 Å². The van der Waals surface area contributed by atoms with Gasteiger partial charge in [-0.25, -0.2) is 0 Å². The van der Waals surface area contributed by atoms with Crippen LogP contribution in [0.4, 0.5) is 0 Å². The highest BCUT2D eigenvalue weighted by atomic mass is 32.1. The van der Waals surface area contributed by atoms with Crippen LogP contribution in [0.3, 0.4) is 0 Å². The monoisotopic (exact) mass is 232 g/mol. The van der Waals surface area contributed by atoms with Crippen LogP contribution in [-0.2, 0) is 11.2 Å². The van der Waals surface area contributed by atoms with Crippen molar-refractivity contribution < 1.29 is 9.90 Å². The lowest BCUT2D eigenvalue weighted by Gasteiger charge is -2.10. The van der Waals surface area contributed by atoms with Gasteiger partial charge in [0.25, 0.3) is 0 Å². The van der Waals surface area contributed by atoms with Gasteiger partial charge in [0.1, 0.15) is 0 Å². The molecule has 0 saturated carbocycles. The minimum Gasteiger partial charge on any atom is -0.481 e. The maximum absolute atomic E-state index is 11.2. The third kappa shape index (κ3) is 2.49. The Morgan fingerprint density at radius 3 is 2.50 bits per heavy atom. The number of aliphatic carboxylic acids is 1. The SMILES string of the molecule is O=C(O)[C@@H](Cc1ccccc1)c1cccs1. The summed E-state index contributed by atoms with van der Waals surface area (Å²) >= 11 is 1.50. The van der Waals surface area contributed by atoms with Crippen molar-refractivity contribution in [3.8, 4) is 0 Å². The normalized spacial score (nSPS) is 12.2. The first-order valence-corrected chi connectivity index (χ1v) is 5.95. The number of carbonyl (C=O) groups is 1. The second-order valence-electron chi connectivity index (χ2n) is 3.60. The zero-order valence-electron chi connectivity index (χ0n) is 8.67. The largest absolute Gasteiger partial charge is 0.481 e. The summed E-state index contributed by atoms with van der Waals surface area (Å²) in [6, 6.07) is 13.5. The Balaban J connectivity index is 2.19. The Morgan fingerprint density at radius 2 is 1.94 bits per heavy atom. The molecule has 16 heavy (non-hydrogen) atoms. The van der Waals surface area contributed by atoms with Gasteiger partial charge in [0.2, 0.25) is 0 Å². The Labute approximate surface area is 98.2 Å². The van der Waals surface area contributed by atoms with E-state index >= 15 is 0 Å². The molecule has 1 N–H and O–H groups in total. The zero-order chi connectivity index (χ0) is 11.4. The standard InChI is InChI=1S/C13H12O2S/c14-13(15)11(12-7-4-8-16-12)9-10-5-2-1-3-6-10/h1-8,11H,9H2,(H,14,15)/t11-/m0/s1. The van der Waals surface area contributed by atoms with E-state index in [0.717, 1.165) is 10.4 Å². The van der Waals surface area contributed by atoms with E-state index in [1.165, 1.54) is 11.3 Å². The van der Waals surface area contributed by atoms with E-state index in [2.05, 4.69) is 0 Å². The molecule has 0 saturated heterocycles. The van der Waals surface area contributed by atoms with Crippen molar-refractivity contribution in [2.24, 2.45) is 0 Å². The van der Waals surface area contributed by atoms with Crippen molar-refractivity contribution in [2.75, 3.05) is 0 Å². The average molecular weight is 232 g/mol. The molecule has 0 spiro atoms. The topological polar surface area (TPSA) is 37.3 Å². The van der Waals surface area contributed by atoms with E-state index < -0.39 is 11.9 Å². The zero-order valence-corrected chi connectivity index (χ0v) is 9.48. The van der Waals surface area contributed by atoms with Gasteiger partial charge in [-0.2, -0.15) is 0 Å². The van der Waals surface area contributed by atoms with E-state index in [4.69, 9.17) is 0 Å². The minimum absolute atomic E-state index is 0.428. The molecule has 0 bridgehead atoms. The van der Waals surface area contributed by atoms with Crippen LogP contribution in [-0.4, -0.2) is 11.1 Å². The van der Waals surface area contributed by atoms with Gasteiger partial charge in [0.05, 0.1) is 5.92 Å². The summed E-state index contributed by atoms with van der Waals surface area (Å²) in [6.07, 6.45) is 0.552. The molecule has 0 amide bonds. The third-order valence-electron chi connectivity index (χ3n) is 2.47. The van der Waals surface area contributed by atoms with E-state index in [1.54, 1.807) is 0 Å². The van der Waals surface area contributed by atoms with Crippen LogP contribution in [0.15, 0.2) is 47.8 Å². The van der Waals surface area contributed by atoms with E-state index in [1.807, 2.05) is 47.8 Å². The van der Waals surface area contributed by atoms with Gasteiger partial charge in [0, 0.05) is 4.88 Å². The van der Waals surface area contributed by atoms with Crippen molar-refractivity contribution in [1.29, 1.82) is 0 Å². The number of carboxylic acid groups (broad SMARTS) is 1. The van der Waals surface area contributed by atoms with Crippen LogP contribution in [0.25, 0.3) is 0 Å². The molecule has 1 aromatic carbocycles. The summed E-state index contributed by atoms with van der Waals surface area (Å²) in [5, 5.41) is 11.1. The van der Waals surface area contributed by atoms with Crippen LogP contribution in [0.5, 0.6) is 0 Å². The van der Waals surface area contributed by atoms with Gasteiger partial charge in [-0.15, -0.1) is 11.3 Å². The third-order valence-corrected chi connectivity index (χ3v) is 3.45. The number of thiophene rings is 1. The lowest BCUT2D eigenvalue weighted by atomic mass is 9.98. The van der Waals surface area contributed by atoms with Gasteiger partial charge in [-0.05, 0) is 23.4 Å². The fourth-order valence-corrected chi connectivity index (χ4v) is 2.47. The average Bonchev–Trinajstić information content (AvgIpc) is 2.80. The molecule has 2 nitrogen and oxygen atoms in total. The highest BCUT2D eigenvalue weighted by molar-refractivity contribution is 7.10. The van der Waals surface area contributed by atoms with Crippen molar-refractivity contribution in [3.63, 3.8) is 0 Å². The van der Waals surface area contributed by atoms with Gasteiger partial charge in [-0.3, -0.25) is 4.79 Å². The first kappa shape index (κ1) is 10.9. The quantitative estimate of drug-likeness (QED) is 0.879. The summed E-state index contributed by atoms with van der Waals surface area (Å²) in [5.74, 6) is -1.19. The summed E-state index contributed by atoms with van der Waals surface area (Å²) in [7, 11) is 0. The van der Waals surface area contributed by atoms with Gasteiger partial charge >= 0.3 is 5.97 Å².